The number of benzene rings is 6. The van der Waals surface area contributed by atoms with Crippen molar-refractivity contribution in [2.24, 2.45) is 0 Å². The van der Waals surface area contributed by atoms with Crippen molar-refractivity contribution in [3.05, 3.63) is 174 Å². The van der Waals surface area contributed by atoms with Crippen LogP contribution in [0.3, 0.4) is 0 Å². The first-order valence-corrected chi connectivity index (χ1v) is 16.6. The third-order valence-electron chi connectivity index (χ3n) is 9.96. The van der Waals surface area contributed by atoms with Gasteiger partial charge < -0.3 is 15.5 Å². The molecule has 0 amide bonds. The number of hydrogen-bond donors (Lipinski definition) is 2. The lowest BCUT2D eigenvalue weighted by molar-refractivity contribution is 0.830. The van der Waals surface area contributed by atoms with Crippen LogP contribution in [0.15, 0.2) is 152 Å². The van der Waals surface area contributed by atoms with Gasteiger partial charge in [-0.05, 0) is 64.7 Å². The number of rotatable bonds is 3. The standard InChI is InChI=1S/C44H32N4/c1-2-14-32-28-45-42(27-30(32)13-1)48-40-22-9-5-18-35(40)43-34-17-4-8-21-39(34)47(41-23-10-6-19-36(41)44(43)48)33-16-11-15-31(26-33)38-25-24-29-12-3-7-20-37(29)46-38/h1-27,38,45-46H,28H2. The van der Waals surface area contributed by atoms with Crippen molar-refractivity contribution in [3.8, 4) is 22.4 Å². The minimum atomic E-state index is 0.0787. The maximum atomic E-state index is 3.79. The Morgan fingerprint density at radius 3 is 2.27 bits per heavy atom. The Morgan fingerprint density at radius 2 is 1.35 bits per heavy atom. The first-order valence-electron chi connectivity index (χ1n) is 16.6. The average molecular weight is 617 g/mol. The van der Waals surface area contributed by atoms with Gasteiger partial charge in [0.15, 0.2) is 0 Å². The molecular formula is C44H32N4. The summed E-state index contributed by atoms with van der Waals surface area (Å²) >= 11 is 0. The lowest BCUT2D eigenvalue weighted by atomic mass is 9.98. The molecule has 0 aliphatic carbocycles. The molecule has 2 N–H and O–H groups in total. The predicted octanol–water partition coefficient (Wildman–Crippen LogP) is 11.0. The summed E-state index contributed by atoms with van der Waals surface area (Å²) in [7, 11) is 0. The number of nitrogens with one attached hydrogen (secondary N) is 2. The van der Waals surface area contributed by atoms with E-state index in [0.717, 1.165) is 35.1 Å². The van der Waals surface area contributed by atoms with Crippen LogP contribution in [0.25, 0.3) is 51.3 Å². The van der Waals surface area contributed by atoms with Gasteiger partial charge in [-0.15, -0.1) is 0 Å². The van der Waals surface area contributed by atoms with Crippen molar-refractivity contribution < 1.29 is 0 Å². The lowest BCUT2D eigenvalue weighted by Gasteiger charge is -2.29. The van der Waals surface area contributed by atoms with Crippen molar-refractivity contribution in [3.63, 3.8) is 0 Å². The second-order valence-electron chi connectivity index (χ2n) is 12.7. The second kappa shape index (κ2) is 10.6. The molecule has 1 atom stereocenters. The van der Waals surface area contributed by atoms with Crippen molar-refractivity contribution in [1.82, 2.24) is 9.88 Å². The molecule has 0 saturated heterocycles. The van der Waals surface area contributed by atoms with E-state index in [-0.39, 0.29) is 6.04 Å². The molecule has 7 aromatic rings. The molecule has 6 aromatic carbocycles. The van der Waals surface area contributed by atoms with E-state index in [4.69, 9.17) is 0 Å². The lowest BCUT2D eigenvalue weighted by Crippen LogP contribution is -2.21. The Hall–Kier alpha value is -6.26. The maximum absolute atomic E-state index is 3.79. The summed E-state index contributed by atoms with van der Waals surface area (Å²) in [5, 5.41) is 8.78. The summed E-state index contributed by atoms with van der Waals surface area (Å²) < 4.78 is 2.45. The van der Waals surface area contributed by atoms with Gasteiger partial charge in [0.1, 0.15) is 5.82 Å². The number of para-hydroxylation sites is 4. The fourth-order valence-corrected chi connectivity index (χ4v) is 7.78. The summed E-state index contributed by atoms with van der Waals surface area (Å²) in [5.74, 6) is 1.09. The topological polar surface area (TPSA) is 32.2 Å². The highest BCUT2D eigenvalue weighted by molar-refractivity contribution is 6.13. The van der Waals surface area contributed by atoms with Crippen LogP contribution in [-0.2, 0) is 6.54 Å². The molecular weight excluding hydrogens is 585 g/mol. The number of nitrogens with zero attached hydrogens (tertiary/aromatic N) is 2. The Kier molecular flexibility index (Phi) is 5.97. The van der Waals surface area contributed by atoms with E-state index >= 15 is 0 Å². The van der Waals surface area contributed by atoms with Gasteiger partial charge in [0, 0.05) is 40.0 Å². The molecule has 228 valence electrons. The second-order valence-corrected chi connectivity index (χ2v) is 12.7. The monoisotopic (exact) mass is 616 g/mol. The highest BCUT2D eigenvalue weighted by atomic mass is 15.2. The number of fused-ring (bicyclic) bond motifs is 9. The normalized spacial score (nSPS) is 15.5. The van der Waals surface area contributed by atoms with Crippen LogP contribution in [0, 0.1) is 0 Å². The first-order chi connectivity index (χ1) is 23.8. The molecule has 1 unspecified atom stereocenters. The van der Waals surface area contributed by atoms with Gasteiger partial charge in [-0.25, -0.2) is 0 Å². The van der Waals surface area contributed by atoms with Crippen LogP contribution < -0.4 is 15.5 Å². The Bertz CT molecular complexity index is 2460. The zero-order valence-electron chi connectivity index (χ0n) is 26.3. The van der Waals surface area contributed by atoms with Crippen molar-refractivity contribution in [2.75, 3.05) is 10.2 Å². The fourth-order valence-electron chi connectivity index (χ4n) is 7.78. The molecule has 4 heteroatoms. The Labute approximate surface area is 279 Å². The van der Waals surface area contributed by atoms with E-state index in [1.54, 1.807) is 0 Å². The fraction of sp³-hybridized carbons (Fsp3) is 0.0455. The van der Waals surface area contributed by atoms with Gasteiger partial charge >= 0.3 is 0 Å². The molecule has 0 spiro atoms. The van der Waals surface area contributed by atoms with E-state index in [1.807, 2.05) is 0 Å². The first kappa shape index (κ1) is 26.9. The highest BCUT2D eigenvalue weighted by Gasteiger charge is 2.32. The average Bonchev–Trinajstić information content (AvgIpc) is 3.43. The molecule has 10 rings (SSSR count). The van der Waals surface area contributed by atoms with Crippen molar-refractivity contribution >= 4 is 51.6 Å². The Balaban J connectivity index is 1.21. The summed E-state index contributed by atoms with van der Waals surface area (Å²) in [6, 6.07) is 52.8. The molecule has 0 fully saturated rings. The van der Waals surface area contributed by atoms with Crippen LogP contribution in [0.1, 0.15) is 28.3 Å². The third-order valence-corrected chi connectivity index (χ3v) is 9.96. The highest BCUT2D eigenvalue weighted by Crippen LogP contribution is 2.54. The van der Waals surface area contributed by atoms with Gasteiger partial charge in [0.2, 0.25) is 0 Å². The minimum absolute atomic E-state index is 0.0787. The third kappa shape index (κ3) is 4.09. The molecule has 4 nitrogen and oxygen atoms in total. The quantitative estimate of drug-likeness (QED) is 0.207. The summed E-state index contributed by atoms with van der Waals surface area (Å²) in [5.41, 5.74) is 15.7. The van der Waals surface area contributed by atoms with Crippen LogP contribution in [-0.4, -0.2) is 4.57 Å². The molecule has 3 aliphatic rings. The molecule has 48 heavy (non-hydrogen) atoms. The van der Waals surface area contributed by atoms with E-state index in [2.05, 4.69) is 184 Å². The molecule has 0 radical (unpaired) electrons. The Morgan fingerprint density at radius 1 is 0.625 bits per heavy atom. The predicted molar refractivity (Wildman–Crippen MR) is 200 cm³/mol. The van der Waals surface area contributed by atoms with Gasteiger partial charge in [-0.2, -0.15) is 0 Å². The largest absolute Gasteiger partial charge is 0.374 e. The molecule has 0 saturated carbocycles. The van der Waals surface area contributed by atoms with Crippen LogP contribution in [0.2, 0.25) is 0 Å². The minimum Gasteiger partial charge on any atom is -0.374 e. The van der Waals surface area contributed by atoms with Crippen LogP contribution in [0.5, 0.6) is 0 Å². The van der Waals surface area contributed by atoms with Crippen LogP contribution in [0.4, 0.5) is 22.7 Å². The van der Waals surface area contributed by atoms with Crippen molar-refractivity contribution in [1.29, 1.82) is 0 Å². The van der Waals surface area contributed by atoms with Gasteiger partial charge in [-0.3, -0.25) is 4.57 Å². The van der Waals surface area contributed by atoms with Gasteiger partial charge in [0.05, 0.1) is 28.6 Å². The van der Waals surface area contributed by atoms with Gasteiger partial charge in [0.25, 0.3) is 0 Å². The van der Waals surface area contributed by atoms with E-state index in [1.165, 1.54) is 55.5 Å². The zero-order chi connectivity index (χ0) is 31.6. The van der Waals surface area contributed by atoms with E-state index in [0.29, 0.717) is 0 Å². The van der Waals surface area contributed by atoms with E-state index in [9.17, 15) is 0 Å². The smallest absolute Gasteiger partial charge is 0.111 e. The summed E-state index contributed by atoms with van der Waals surface area (Å²) in [4.78, 5) is 2.45. The molecule has 4 heterocycles. The van der Waals surface area contributed by atoms with Crippen molar-refractivity contribution in [2.45, 2.75) is 12.6 Å². The SMILES string of the molecule is C1=CC(c2cccc(N3c4ccccc4-c4c(n(C5=Cc6ccccc6CN5)c5ccccc45)-c4ccccc43)c2)Nc2ccccc21. The summed E-state index contributed by atoms with van der Waals surface area (Å²) in [6.45, 7) is 0.786. The number of hydrogen-bond acceptors (Lipinski definition) is 3. The molecule has 0 bridgehead atoms. The van der Waals surface area contributed by atoms with Gasteiger partial charge in [-0.1, -0.05) is 121 Å². The number of anilines is 4. The molecule has 1 aromatic heterocycles. The zero-order valence-corrected chi connectivity index (χ0v) is 26.3. The maximum Gasteiger partial charge on any atom is 0.111 e. The number of aromatic nitrogens is 1. The molecule has 3 aliphatic heterocycles. The summed E-state index contributed by atoms with van der Waals surface area (Å²) in [6.07, 6.45) is 6.79. The van der Waals surface area contributed by atoms with Crippen LogP contribution >= 0.6 is 0 Å². The van der Waals surface area contributed by atoms with E-state index < -0.39 is 0 Å².